The summed E-state index contributed by atoms with van der Waals surface area (Å²) in [4.78, 5) is 12.7. The lowest BCUT2D eigenvalue weighted by atomic mass is 9.88. The zero-order valence-electron chi connectivity index (χ0n) is 21.6. The third-order valence-electron chi connectivity index (χ3n) is 7.27. The van der Waals surface area contributed by atoms with Crippen LogP contribution in [0.4, 0.5) is 10.1 Å². The van der Waals surface area contributed by atoms with Gasteiger partial charge in [0.2, 0.25) is 0 Å². The van der Waals surface area contributed by atoms with Crippen molar-refractivity contribution < 1.29 is 19.0 Å². The van der Waals surface area contributed by atoms with Crippen LogP contribution in [0, 0.1) is 14.8 Å². The van der Waals surface area contributed by atoms with E-state index in [1.165, 1.54) is 0 Å². The predicted octanol–water partition coefficient (Wildman–Crippen LogP) is 7.83. The number of aliphatic carboxylic acids is 1. The molecule has 0 radical (unpaired) electrons. The number of carboxylic acid groups (broad SMARTS) is 1. The summed E-state index contributed by atoms with van der Waals surface area (Å²) in [6, 6.07) is 17.1. The summed E-state index contributed by atoms with van der Waals surface area (Å²) in [6.45, 7) is 4.48. The van der Waals surface area contributed by atoms with Crippen molar-refractivity contribution in [2.24, 2.45) is 5.41 Å². The Labute approximate surface area is 251 Å². The van der Waals surface area contributed by atoms with Gasteiger partial charge in [-0.05, 0) is 103 Å². The van der Waals surface area contributed by atoms with Gasteiger partial charge < -0.3 is 19.7 Å². The zero-order chi connectivity index (χ0) is 27.9. The Morgan fingerprint density at radius 3 is 2.69 bits per heavy atom. The molecule has 0 saturated heterocycles. The van der Waals surface area contributed by atoms with E-state index in [1.807, 2.05) is 71.1 Å². The number of benzene rings is 3. The Kier molecular flexibility index (Phi) is 8.08. The summed E-state index contributed by atoms with van der Waals surface area (Å²) in [5, 5.41) is 14.9. The number of carbonyl (C=O) groups is 1. The number of aryl methyl sites for hydroxylation is 1. The minimum atomic E-state index is -0.966. The molecule has 5 rings (SSSR count). The van der Waals surface area contributed by atoms with Crippen molar-refractivity contribution >= 4 is 69.4 Å². The van der Waals surface area contributed by atoms with Gasteiger partial charge in [-0.2, -0.15) is 0 Å². The van der Waals surface area contributed by atoms with Crippen LogP contribution < -0.4 is 10.1 Å². The molecule has 0 spiro atoms. The first-order valence-corrected chi connectivity index (χ1v) is 14.6. The van der Waals surface area contributed by atoms with E-state index in [2.05, 4.69) is 9.88 Å². The van der Waals surface area contributed by atoms with Crippen molar-refractivity contribution in [2.45, 2.75) is 50.6 Å². The smallest absolute Gasteiger partial charge is 0.309 e. The van der Waals surface area contributed by atoms with Crippen LogP contribution in [-0.2, 0) is 24.2 Å². The van der Waals surface area contributed by atoms with Gasteiger partial charge in [-0.15, -0.1) is 12.6 Å². The molecule has 1 aliphatic heterocycles. The largest absolute Gasteiger partial charge is 0.491 e. The van der Waals surface area contributed by atoms with Gasteiger partial charge in [-0.25, -0.2) is 4.39 Å². The minimum Gasteiger partial charge on any atom is -0.491 e. The van der Waals surface area contributed by atoms with Gasteiger partial charge in [0.1, 0.15) is 18.2 Å². The molecule has 0 saturated carbocycles. The zero-order valence-corrected chi connectivity index (χ0v) is 25.4. The van der Waals surface area contributed by atoms with E-state index in [9.17, 15) is 14.3 Å². The number of rotatable bonds is 8. The highest BCUT2D eigenvalue weighted by Gasteiger charge is 2.31. The molecule has 2 heterocycles. The van der Waals surface area contributed by atoms with Crippen LogP contribution in [0.3, 0.4) is 0 Å². The average Bonchev–Trinajstić information content (AvgIpc) is 3.14. The fourth-order valence-electron chi connectivity index (χ4n) is 4.96. The molecule has 0 bridgehead atoms. The fourth-order valence-corrected chi connectivity index (χ4v) is 5.93. The number of fused-ring (bicyclic) bond motifs is 2. The van der Waals surface area contributed by atoms with Gasteiger partial charge in [-0.1, -0.05) is 23.7 Å². The summed E-state index contributed by atoms with van der Waals surface area (Å²) >= 11 is 13.0. The Balaban J connectivity index is 1.42. The van der Waals surface area contributed by atoms with Crippen LogP contribution in [0.25, 0.3) is 10.9 Å². The number of hydrogen-bond acceptors (Lipinski definition) is 4. The topological polar surface area (TPSA) is 63.5 Å². The van der Waals surface area contributed by atoms with E-state index in [4.69, 9.17) is 29.0 Å². The summed E-state index contributed by atoms with van der Waals surface area (Å²) in [6.07, 6.45) is 1.96. The lowest BCUT2D eigenvalue weighted by Gasteiger charge is -2.27. The second-order valence-corrected chi connectivity index (χ2v) is 12.7. The number of halogens is 3. The van der Waals surface area contributed by atoms with Crippen LogP contribution >= 0.6 is 46.8 Å². The quantitative estimate of drug-likeness (QED) is 0.131. The summed E-state index contributed by atoms with van der Waals surface area (Å²) < 4.78 is 22.9. The number of nitrogens with one attached hydrogen (secondary N) is 1. The van der Waals surface area contributed by atoms with Gasteiger partial charge in [0, 0.05) is 45.2 Å². The molecule has 0 aliphatic carbocycles. The van der Waals surface area contributed by atoms with Crippen LogP contribution in [0.5, 0.6) is 5.75 Å². The molecule has 1 unspecified atom stereocenters. The molecule has 0 fully saturated rings. The van der Waals surface area contributed by atoms with Crippen LogP contribution in [0.2, 0.25) is 5.02 Å². The Bertz CT molecular complexity index is 1550. The van der Waals surface area contributed by atoms with E-state index >= 15 is 0 Å². The van der Waals surface area contributed by atoms with Gasteiger partial charge >= 0.3 is 5.97 Å². The molecule has 1 aromatic heterocycles. The van der Waals surface area contributed by atoms with E-state index < -0.39 is 11.4 Å². The van der Waals surface area contributed by atoms with E-state index in [0.29, 0.717) is 33.9 Å². The monoisotopic (exact) mass is 678 g/mol. The number of carboxylic acids is 1. The number of hydrogen-bond donors (Lipinski definition) is 3. The number of nitrogens with zero attached hydrogens (tertiary/aromatic N) is 1. The van der Waals surface area contributed by atoms with Crippen molar-refractivity contribution in [2.75, 3.05) is 11.9 Å². The maximum Gasteiger partial charge on any atom is 0.309 e. The minimum absolute atomic E-state index is 0.103. The van der Waals surface area contributed by atoms with E-state index in [1.54, 1.807) is 19.9 Å². The fraction of sp³-hybridized carbons (Fsp3) is 0.300. The van der Waals surface area contributed by atoms with Crippen LogP contribution in [0.1, 0.15) is 37.1 Å². The molecular weight excluding hydrogens is 650 g/mol. The Morgan fingerprint density at radius 1 is 1.23 bits per heavy atom. The van der Waals surface area contributed by atoms with Crippen molar-refractivity contribution in [3.63, 3.8) is 0 Å². The number of ether oxygens (including phenoxy) is 1. The van der Waals surface area contributed by atoms with Gasteiger partial charge in [0.15, 0.2) is 0 Å². The SMILES string of the molecule is CC(C)(Cc1c(S)c2cc(OCC3CCc4cc(F)c(I)cc4N3)ccc2n1Cc1ccc(Cl)cc1)C(=O)O. The molecule has 9 heteroatoms. The molecule has 39 heavy (non-hydrogen) atoms. The summed E-state index contributed by atoms with van der Waals surface area (Å²) in [5.41, 5.74) is 3.85. The van der Waals surface area contributed by atoms with Crippen LogP contribution in [-0.4, -0.2) is 28.3 Å². The normalized spacial score (nSPS) is 15.2. The molecule has 4 aromatic rings. The lowest BCUT2D eigenvalue weighted by molar-refractivity contribution is -0.146. The highest BCUT2D eigenvalue weighted by molar-refractivity contribution is 14.1. The third kappa shape index (κ3) is 6.02. The highest BCUT2D eigenvalue weighted by atomic mass is 127. The number of anilines is 1. The van der Waals surface area contributed by atoms with E-state index in [-0.39, 0.29) is 11.9 Å². The first-order chi connectivity index (χ1) is 18.5. The standard InChI is InChI=1S/C30H29ClFIN2O3S/c1-30(2,29(36)37)14-27-28(39)22-12-21(9-10-26(22)35(27)15-17-3-6-19(31)7-4-17)38-16-20-8-5-18-11-23(32)24(33)13-25(18)34-20/h3-4,6-7,9-13,20,34,39H,5,8,14-16H2,1-2H3,(H,36,37). The van der Waals surface area contributed by atoms with Gasteiger partial charge in [-0.3, -0.25) is 4.79 Å². The summed E-state index contributed by atoms with van der Waals surface area (Å²) in [5.74, 6) is -0.330. The molecule has 1 atom stereocenters. The van der Waals surface area contributed by atoms with Crippen LogP contribution in [0.15, 0.2) is 59.5 Å². The maximum absolute atomic E-state index is 13.9. The molecule has 3 aromatic carbocycles. The molecule has 1 aliphatic rings. The highest BCUT2D eigenvalue weighted by Crippen LogP contribution is 2.37. The third-order valence-corrected chi connectivity index (χ3v) is 8.85. The molecule has 204 valence electrons. The Hall–Kier alpha value is -2.43. The van der Waals surface area contributed by atoms with Crippen molar-refractivity contribution in [3.05, 3.63) is 85.8 Å². The first-order valence-electron chi connectivity index (χ1n) is 12.7. The molecule has 2 N–H and O–H groups in total. The molecule has 0 amide bonds. The summed E-state index contributed by atoms with van der Waals surface area (Å²) in [7, 11) is 0. The Morgan fingerprint density at radius 2 is 1.97 bits per heavy atom. The molecular formula is C30H29ClFIN2O3S. The number of thiol groups is 1. The predicted molar refractivity (Wildman–Crippen MR) is 165 cm³/mol. The van der Waals surface area contributed by atoms with Gasteiger partial charge in [0.25, 0.3) is 0 Å². The van der Waals surface area contributed by atoms with Gasteiger partial charge in [0.05, 0.1) is 15.0 Å². The van der Waals surface area contributed by atoms with Crippen molar-refractivity contribution in [3.8, 4) is 5.75 Å². The average molecular weight is 679 g/mol. The second kappa shape index (κ2) is 11.2. The first kappa shape index (κ1) is 28.1. The lowest BCUT2D eigenvalue weighted by Crippen LogP contribution is -2.31. The van der Waals surface area contributed by atoms with E-state index in [0.717, 1.165) is 51.1 Å². The second-order valence-electron chi connectivity index (χ2n) is 10.7. The van der Waals surface area contributed by atoms with Crippen molar-refractivity contribution in [1.29, 1.82) is 0 Å². The van der Waals surface area contributed by atoms with Crippen molar-refractivity contribution in [1.82, 2.24) is 4.57 Å². The molecule has 5 nitrogen and oxygen atoms in total. The maximum atomic E-state index is 13.9. The number of aromatic nitrogens is 1.